The number of amides is 1. The van der Waals surface area contributed by atoms with Gasteiger partial charge in [0.1, 0.15) is 23.2 Å². The van der Waals surface area contributed by atoms with Gasteiger partial charge >= 0.3 is 0 Å². The Morgan fingerprint density at radius 2 is 1.97 bits per heavy atom. The van der Waals surface area contributed by atoms with E-state index in [2.05, 4.69) is 30.7 Å². The summed E-state index contributed by atoms with van der Waals surface area (Å²) >= 11 is 0. The molecule has 31 heavy (non-hydrogen) atoms. The number of fused-ring (bicyclic) bond motifs is 1. The number of hydrogen-bond donors (Lipinski definition) is 3. The van der Waals surface area contributed by atoms with E-state index in [4.69, 9.17) is 9.15 Å². The molecule has 4 rings (SSSR count). The van der Waals surface area contributed by atoms with Crippen molar-refractivity contribution in [1.29, 1.82) is 0 Å². The molecule has 158 valence electrons. The van der Waals surface area contributed by atoms with Crippen LogP contribution in [0.3, 0.4) is 0 Å². The quantitative estimate of drug-likeness (QED) is 0.402. The highest BCUT2D eigenvalue weighted by molar-refractivity contribution is 7.92. The zero-order chi connectivity index (χ0) is 22.0. The van der Waals surface area contributed by atoms with Crippen LogP contribution in [0.5, 0.6) is 11.5 Å². The standard InChI is InChI=1S/C18H14N6O6S/c1-31(27,28)22-13-8-14-11(7-15(13)30-10-5-3-2-4-6-10)16(25)12(9-29-14)17(26)19-18-20-23-24-21-18/h2-9,22H,1H3,(H2,19,20,21,23,24,26). The van der Waals surface area contributed by atoms with E-state index in [1.54, 1.807) is 30.3 Å². The van der Waals surface area contributed by atoms with Crippen molar-refractivity contribution in [3.8, 4) is 11.5 Å². The minimum atomic E-state index is -3.66. The van der Waals surface area contributed by atoms with Crippen LogP contribution in [0.4, 0.5) is 11.6 Å². The van der Waals surface area contributed by atoms with E-state index in [1.165, 1.54) is 12.1 Å². The summed E-state index contributed by atoms with van der Waals surface area (Å²) in [5.41, 5.74) is -0.864. The second-order valence-electron chi connectivity index (χ2n) is 6.30. The van der Waals surface area contributed by atoms with Crippen LogP contribution >= 0.6 is 0 Å². The predicted molar refractivity (Wildman–Crippen MR) is 110 cm³/mol. The molecule has 0 fully saturated rings. The molecule has 0 unspecified atom stereocenters. The summed E-state index contributed by atoms with van der Waals surface area (Å²) in [6.07, 6.45) is 1.94. The van der Waals surface area contributed by atoms with E-state index in [0.29, 0.717) is 5.75 Å². The van der Waals surface area contributed by atoms with Crippen LogP contribution in [0, 0.1) is 0 Å². The summed E-state index contributed by atoms with van der Waals surface area (Å²) < 4.78 is 37.0. The Labute approximate surface area is 174 Å². The first-order valence-corrected chi connectivity index (χ1v) is 10.5. The van der Waals surface area contributed by atoms with Crippen LogP contribution < -0.4 is 20.2 Å². The Morgan fingerprint density at radius 1 is 1.19 bits per heavy atom. The van der Waals surface area contributed by atoms with Crippen LogP contribution in [0.15, 0.2) is 57.9 Å². The molecule has 0 aliphatic carbocycles. The normalized spacial score (nSPS) is 11.3. The van der Waals surface area contributed by atoms with Gasteiger partial charge in [0.15, 0.2) is 5.75 Å². The van der Waals surface area contributed by atoms with Gasteiger partial charge in [0.2, 0.25) is 15.5 Å². The van der Waals surface area contributed by atoms with Crippen LogP contribution in [-0.4, -0.2) is 41.2 Å². The van der Waals surface area contributed by atoms with Crippen molar-refractivity contribution in [3.05, 3.63) is 64.5 Å². The van der Waals surface area contributed by atoms with Gasteiger partial charge in [-0.15, -0.1) is 5.10 Å². The Balaban J connectivity index is 1.81. The number of carbonyl (C=O) groups is 1. The van der Waals surface area contributed by atoms with Crippen LogP contribution in [0.2, 0.25) is 0 Å². The monoisotopic (exact) mass is 442 g/mol. The summed E-state index contributed by atoms with van der Waals surface area (Å²) in [6.45, 7) is 0. The molecule has 3 N–H and O–H groups in total. The maximum Gasteiger partial charge on any atom is 0.270 e. The van der Waals surface area contributed by atoms with Gasteiger partial charge in [-0.1, -0.05) is 23.3 Å². The number of aromatic amines is 1. The average Bonchev–Trinajstić information content (AvgIpc) is 3.22. The van der Waals surface area contributed by atoms with Gasteiger partial charge < -0.3 is 9.15 Å². The highest BCUT2D eigenvalue weighted by atomic mass is 32.2. The van der Waals surface area contributed by atoms with Crippen molar-refractivity contribution in [2.75, 3.05) is 16.3 Å². The molecule has 2 aromatic carbocycles. The maximum atomic E-state index is 12.9. The van der Waals surface area contributed by atoms with Crippen molar-refractivity contribution in [1.82, 2.24) is 20.6 Å². The third kappa shape index (κ3) is 4.51. The molecule has 0 spiro atoms. The molecule has 0 bridgehead atoms. The molecule has 1 amide bonds. The van der Waals surface area contributed by atoms with E-state index in [0.717, 1.165) is 12.5 Å². The molecular formula is C18H14N6O6S. The average molecular weight is 442 g/mol. The molecule has 0 saturated heterocycles. The zero-order valence-corrected chi connectivity index (χ0v) is 16.6. The topological polar surface area (TPSA) is 169 Å². The number of aromatic nitrogens is 4. The molecule has 0 radical (unpaired) electrons. The third-order valence-electron chi connectivity index (χ3n) is 3.96. The van der Waals surface area contributed by atoms with E-state index in [-0.39, 0.29) is 33.9 Å². The number of sulfonamides is 1. The summed E-state index contributed by atoms with van der Waals surface area (Å²) in [5, 5.41) is 14.9. The van der Waals surface area contributed by atoms with Gasteiger partial charge in [-0.3, -0.25) is 19.6 Å². The van der Waals surface area contributed by atoms with Gasteiger partial charge in [0.05, 0.1) is 17.3 Å². The van der Waals surface area contributed by atoms with Gasteiger partial charge in [-0.05, 0) is 23.4 Å². The van der Waals surface area contributed by atoms with E-state index in [1.807, 2.05) is 0 Å². The lowest BCUT2D eigenvalue weighted by atomic mass is 10.1. The van der Waals surface area contributed by atoms with Gasteiger partial charge in [0.25, 0.3) is 11.9 Å². The lowest BCUT2D eigenvalue weighted by molar-refractivity contribution is 0.102. The molecule has 0 saturated carbocycles. The molecule has 4 aromatic rings. The Morgan fingerprint density at radius 3 is 2.65 bits per heavy atom. The fourth-order valence-corrected chi connectivity index (χ4v) is 3.23. The van der Waals surface area contributed by atoms with Gasteiger partial charge in [0, 0.05) is 6.07 Å². The summed E-state index contributed by atoms with van der Waals surface area (Å²) in [4.78, 5) is 25.3. The van der Waals surface area contributed by atoms with Crippen molar-refractivity contribution < 1.29 is 22.4 Å². The number of H-pyrrole nitrogens is 1. The SMILES string of the molecule is CS(=O)(=O)Nc1cc2occ(C(=O)Nc3nn[nH]n3)c(=O)c2cc1Oc1ccccc1. The van der Waals surface area contributed by atoms with Crippen molar-refractivity contribution in [3.63, 3.8) is 0 Å². The number of carbonyl (C=O) groups excluding carboxylic acids is 1. The summed E-state index contributed by atoms with van der Waals surface area (Å²) in [6, 6.07) is 11.2. The van der Waals surface area contributed by atoms with Gasteiger partial charge in [-0.2, -0.15) is 5.21 Å². The lowest BCUT2D eigenvalue weighted by Gasteiger charge is -2.13. The molecule has 13 heteroatoms. The largest absolute Gasteiger partial charge is 0.463 e. The number of nitrogens with one attached hydrogen (secondary N) is 3. The first kappa shape index (κ1) is 20.0. The zero-order valence-electron chi connectivity index (χ0n) is 15.8. The fraction of sp³-hybridized carbons (Fsp3) is 0.0556. The van der Waals surface area contributed by atoms with Crippen molar-refractivity contribution in [2.24, 2.45) is 0 Å². The highest BCUT2D eigenvalue weighted by Crippen LogP contribution is 2.33. The lowest BCUT2D eigenvalue weighted by Crippen LogP contribution is -2.22. The number of benzene rings is 2. The minimum absolute atomic E-state index is 0.00532. The van der Waals surface area contributed by atoms with E-state index < -0.39 is 21.4 Å². The molecule has 0 atom stereocenters. The number of tetrazole rings is 1. The Bertz CT molecular complexity index is 1420. The second-order valence-corrected chi connectivity index (χ2v) is 8.05. The maximum absolute atomic E-state index is 12.9. The predicted octanol–water partition coefficient (Wildman–Crippen LogP) is 1.72. The second kappa shape index (κ2) is 7.87. The fourth-order valence-electron chi connectivity index (χ4n) is 2.68. The molecule has 12 nitrogen and oxygen atoms in total. The first-order valence-electron chi connectivity index (χ1n) is 8.65. The van der Waals surface area contributed by atoms with E-state index >= 15 is 0 Å². The number of para-hydroxylation sites is 1. The molecule has 2 heterocycles. The van der Waals surface area contributed by atoms with Crippen LogP contribution in [0.25, 0.3) is 11.0 Å². The number of ether oxygens (including phenoxy) is 1. The number of hydrogen-bond acceptors (Lipinski definition) is 9. The van der Waals surface area contributed by atoms with Crippen molar-refractivity contribution in [2.45, 2.75) is 0 Å². The number of nitrogens with zero attached hydrogens (tertiary/aromatic N) is 3. The number of anilines is 2. The van der Waals surface area contributed by atoms with Crippen molar-refractivity contribution >= 4 is 38.5 Å². The Hall–Kier alpha value is -4.26. The van der Waals surface area contributed by atoms with Crippen LogP contribution in [-0.2, 0) is 10.0 Å². The summed E-state index contributed by atoms with van der Waals surface area (Å²) in [7, 11) is -3.66. The minimum Gasteiger partial charge on any atom is -0.463 e. The first-order chi connectivity index (χ1) is 14.8. The van der Waals surface area contributed by atoms with Gasteiger partial charge in [-0.25, -0.2) is 8.42 Å². The molecular weight excluding hydrogens is 428 g/mol. The van der Waals surface area contributed by atoms with Crippen LogP contribution in [0.1, 0.15) is 10.4 Å². The third-order valence-corrected chi connectivity index (χ3v) is 4.55. The number of rotatable bonds is 6. The smallest absolute Gasteiger partial charge is 0.270 e. The van der Waals surface area contributed by atoms with E-state index in [9.17, 15) is 18.0 Å². The Kier molecular flexibility index (Phi) is 5.09. The molecule has 2 aromatic heterocycles. The molecule has 0 aliphatic heterocycles. The summed E-state index contributed by atoms with van der Waals surface area (Å²) in [5.74, 6) is -0.466. The highest BCUT2D eigenvalue weighted by Gasteiger charge is 2.19. The molecule has 0 aliphatic rings.